The molecule has 102 valence electrons. The van der Waals surface area contributed by atoms with Crippen LogP contribution in [0.1, 0.15) is 24.5 Å². The molecule has 1 unspecified atom stereocenters. The lowest BCUT2D eigenvalue weighted by atomic mass is 10.1. The summed E-state index contributed by atoms with van der Waals surface area (Å²) in [7, 11) is 1.57. The van der Waals surface area contributed by atoms with Crippen molar-refractivity contribution in [1.29, 1.82) is 0 Å². The highest BCUT2D eigenvalue weighted by Gasteiger charge is 2.36. The summed E-state index contributed by atoms with van der Waals surface area (Å²) in [4.78, 5) is 24.8. The maximum absolute atomic E-state index is 11.8. The third kappa shape index (κ3) is 2.61. The molecule has 2 rings (SSSR count). The molecule has 1 saturated heterocycles. The number of rotatable bonds is 4. The van der Waals surface area contributed by atoms with Crippen LogP contribution in [0.15, 0.2) is 18.2 Å². The molecule has 1 fully saturated rings. The van der Waals surface area contributed by atoms with E-state index in [9.17, 15) is 9.59 Å². The van der Waals surface area contributed by atoms with Gasteiger partial charge in [-0.15, -0.1) is 0 Å². The van der Waals surface area contributed by atoms with Gasteiger partial charge in [0, 0.05) is 5.56 Å². The number of carbonyl (C=O) groups excluding carboxylic acids is 2. The molecule has 0 bridgehead atoms. The van der Waals surface area contributed by atoms with Gasteiger partial charge in [0.05, 0.1) is 26.1 Å². The molecule has 0 radical (unpaired) electrons. The average molecular weight is 262 g/mol. The first kappa shape index (κ1) is 13.5. The minimum atomic E-state index is -0.701. The van der Waals surface area contributed by atoms with Crippen molar-refractivity contribution < 1.29 is 14.3 Å². The van der Waals surface area contributed by atoms with E-state index in [-0.39, 0.29) is 24.8 Å². The molecule has 0 aliphatic carbocycles. The lowest BCUT2D eigenvalue weighted by Gasteiger charge is -2.17. The highest BCUT2D eigenvalue weighted by molar-refractivity contribution is 6.05. The quantitative estimate of drug-likeness (QED) is 0.816. The SMILES string of the molecule is CCc1ccc(OC)c(CN2C(=O)CC(N)C2=O)c1. The van der Waals surface area contributed by atoms with Crippen LogP contribution in [0.3, 0.4) is 0 Å². The zero-order valence-electron chi connectivity index (χ0n) is 11.2. The Hall–Kier alpha value is -1.88. The summed E-state index contributed by atoms with van der Waals surface area (Å²) >= 11 is 0. The van der Waals surface area contributed by atoms with Crippen LogP contribution in [0.5, 0.6) is 5.75 Å². The van der Waals surface area contributed by atoms with Gasteiger partial charge in [-0.1, -0.05) is 19.1 Å². The molecule has 0 spiro atoms. The van der Waals surface area contributed by atoms with E-state index in [0.29, 0.717) is 5.75 Å². The van der Waals surface area contributed by atoms with Crippen molar-refractivity contribution in [3.8, 4) is 5.75 Å². The molecule has 1 aliphatic heterocycles. The Morgan fingerprint density at radius 3 is 2.68 bits per heavy atom. The van der Waals surface area contributed by atoms with Crippen LogP contribution in [0.2, 0.25) is 0 Å². The summed E-state index contributed by atoms with van der Waals surface area (Å²) in [6, 6.07) is 5.09. The fraction of sp³-hybridized carbons (Fsp3) is 0.429. The monoisotopic (exact) mass is 262 g/mol. The predicted octanol–water partition coefficient (Wildman–Crippen LogP) is 0.844. The van der Waals surface area contributed by atoms with Crippen LogP contribution in [0.25, 0.3) is 0 Å². The lowest BCUT2D eigenvalue weighted by molar-refractivity contribution is -0.139. The molecule has 2 N–H and O–H groups in total. The second-order valence-corrected chi connectivity index (χ2v) is 4.63. The van der Waals surface area contributed by atoms with Crippen LogP contribution in [-0.4, -0.2) is 29.9 Å². The largest absolute Gasteiger partial charge is 0.496 e. The minimum absolute atomic E-state index is 0.0919. The zero-order chi connectivity index (χ0) is 14.0. The molecule has 1 atom stereocenters. The Morgan fingerprint density at radius 1 is 1.42 bits per heavy atom. The predicted molar refractivity (Wildman–Crippen MR) is 70.5 cm³/mol. The maximum atomic E-state index is 11.8. The van der Waals surface area contributed by atoms with Gasteiger partial charge in [-0.25, -0.2) is 0 Å². The summed E-state index contributed by atoms with van der Waals surface area (Å²) in [6.07, 6.45) is 0.979. The molecule has 5 nitrogen and oxygen atoms in total. The Kier molecular flexibility index (Phi) is 3.85. The van der Waals surface area contributed by atoms with Crippen LogP contribution in [0, 0.1) is 0 Å². The highest BCUT2D eigenvalue weighted by atomic mass is 16.5. The van der Waals surface area contributed by atoms with E-state index in [1.54, 1.807) is 7.11 Å². The maximum Gasteiger partial charge on any atom is 0.246 e. The number of likely N-dealkylation sites (tertiary alicyclic amines) is 1. The molecule has 1 aliphatic rings. The van der Waals surface area contributed by atoms with E-state index in [2.05, 4.69) is 0 Å². The van der Waals surface area contributed by atoms with E-state index in [4.69, 9.17) is 10.5 Å². The van der Waals surface area contributed by atoms with Gasteiger partial charge in [-0.05, 0) is 18.1 Å². The summed E-state index contributed by atoms with van der Waals surface area (Å²) in [5.74, 6) is 0.147. The van der Waals surface area contributed by atoms with Crippen LogP contribution in [0.4, 0.5) is 0 Å². The lowest BCUT2D eigenvalue weighted by Crippen LogP contribution is -2.34. The average Bonchev–Trinajstić information content (AvgIpc) is 2.65. The Bertz CT molecular complexity index is 513. The molecular formula is C14H18N2O3. The van der Waals surface area contributed by atoms with Crippen LogP contribution < -0.4 is 10.5 Å². The van der Waals surface area contributed by atoms with Crippen molar-refractivity contribution in [2.24, 2.45) is 5.73 Å². The van der Waals surface area contributed by atoms with Crippen molar-refractivity contribution in [2.75, 3.05) is 7.11 Å². The van der Waals surface area contributed by atoms with E-state index in [0.717, 1.165) is 17.5 Å². The van der Waals surface area contributed by atoms with Gasteiger partial charge in [-0.2, -0.15) is 0 Å². The van der Waals surface area contributed by atoms with E-state index in [1.807, 2.05) is 25.1 Å². The minimum Gasteiger partial charge on any atom is -0.496 e. The van der Waals surface area contributed by atoms with Crippen molar-refractivity contribution in [2.45, 2.75) is 32.4 Å². The zero-order valence-corrected chi connectivity index (χ0v) is 11.2. The molecule has 0 saturated carbocycles. The van der Waals surface area contributed by atoms with Gasteiger partial charge in [0.1, 0.15) is 5.75 Å². The molecule has 19 heavy (non-hydrogen) atoms. The summed E-state index contributed by atoms with van der Waals surface area (Å²) in [5, 5.41) is 0. The smallest absolute Gasteiger partial charge is 0.246 e. The first-order chi connectivity index (χ1) is 9.06. The van der Waals surface area contributed by atoms with Crippen molar-refractivity contribution in [3.63, 3.8) is 0 Å². The van der Waals surface area contributed by atoms with Crippen molar-refractivity contribution in [1.82, 2.24) is 4.90 Å². The third-order valence-corrected chi connectivity index (χ3v) is 3.36. The van der Waals surface area contributed by atoms with Crippen molar-refractivity contribution >= 4 is 11.8 Å². The number of nitrogens with zero attached hydrogens (tertiary/aromatic N) is 1. The molecule has 1 heterocycles. The second-order valence-electron chi connectivity index (χ2n) is 4.63. The highest BCUT2D eigenvalue weighted by Crippen LogP contribution is 2.24. The summed E-state index contributed by atoms with van der Waals surface area (Å²) in [5.41, 5.74) is 7.57. The number of nitrogens with two attached hydrogens (primary N) is 1. The van der Waals surface area contributed by atoms with Gasteiger partial charge < -0.3 is 10.5 Å². The van der Waals surface area contributed by atoms with E-state index >= 15 is 0 Å². The first-order valence-electron chi connectivity index (χ1n) is 6.32. The van der Waals surface area contributed by atoms with Crippen LogP contribution in [-0.2, 0) is 22.6 Å². The fourth-order valence-electron chi connectivity index (χ4n) is 2.22. The third-order valence-electron chi connectivity index (χ3n) is 3.36. The van der Waals surface area contributed by atoms with Gasteiger partial charge >= 0.3 is 0 Å². The number of amides is 2. The number of imide groups is 1. The molecule has 5 heteroatoms. The fourth-order valence-corrected chi connectivity index (χ4v) is 2.22. The Labute approximate surface area is 112 Å². The standard InChI is InChI=1S/C14H18N2O3/c1-3-9-4-5-12(19-2)10(6-9)8-16-13(17)7-11(15)14(16)18/h4-6,11H,3,7-8,15H2,1-2H3. The van der Waals surface area contributed by atoms with E-state index in [1.165, 1.54) is 4.90 Å². The number of benzene rings is 1. The summed E-state index contributed by atoms with van der Waals surface area (Å²) in [6.45, 7) is 2.27. The number of ether oxygens (including phenoxy) is 1. The number of hydrogen-bond acceptors (Lipinski definition) is 4. The Morgan fingerprint density at radius 2 is 2.16 bits per heavy atom. The molecule has 1 aromatic rings. The van der Waals surface area contributed by atoms with Crippen LogP contribution >= 0.6 is 0 Å². The van der Waals surface area contributed by atoms with Gasteiger partial charge in [0.15, 0.2) is 0 Å². The number of methoxy groups -OCH3 is 1. The molecule has 2 amide bonds. The second kappa shape index (κ2) is 5.40. The van der Waals surface area contributed by atoms with Gasteiger partial charge in [0.25, 0.3) is 0 Å². The summed E-state index contributed by atoms with van der Waals surface area (Å²) < 4.78 is 5.27. The normalized spacial score (nSPS) is 19.1. The van der Waals surface area contributed by atoms with Gasteiger partial charge in [0.2, 0.25) is 11.8 Å². The van der Waals surface area contributed by atoms with Gasteiger partial charge in [-0.3, -0.25) is 14.5 Å². The number of carbonyl (C=O) groups is 2. The molecular weight excluding hydrogens is 244 g/mol. The topological polar surface area (TPSA) is 72.6 Å². The van der Waals surface area contributed by atoms with Crippen molar-refractivity contribution in [3.05, 3.63) is 29.3 Å². The van der Waals surface area contributed by atoms with E-state index < -0.39 is 6.04 Å². The molecule has 0 aromatic heterocycles. The molecule has 1 aromatic carbocycles. The Balaban J connectivity index is 2.27. The first-order valence-corrected chi connectivity index (χ1v) is 6.32. The number of aryl methyl sites for hydroxylation is 1. The number of hydrogen-bond donors (Lipinski definition) is 1.